The number of hydrogen-bond acceptors (Lipinski definition) is 3. The number of hydrogen-bond donors (Lipinski definition) is 1. The molecule has 0 spiro atoms. The summed E-state index contributed by atoms with van der Waals surface area (Å²) >= 11 is 1.33. The van der Waals surface area contributed by atoms with E-state index in [1.807, 2.05) is 0 Å². The topological polar surface area (TPSA) is 29.3 Å². The van der Waals surface area contributed by atoms with Crippen molar-refractivity contribution in [3.63, 3.8) is 0 Å². The van der Waals surface area contributed by atoms with Crippen molar-refractivity contribution in [2.75, 3.05) is 14.1 Å². The van der Waals surface area contributed by atoms with Gasteiger partial charge in [-0.15, -0.1) is 0 Å². The van der Waals surface area contributed by atoms with Gasteiger partial charge >= 0.3 is 0 Å². The van der Waals surface area contributed by atoms with Crippen LogP contribution in [0.1, 0.15) is 18.1 Å². The Kier molecular flexibility index (Phi) is 4.45. The fourth-order valence-electron chi connectivity index (χ4n) is 1.49. The normalized spacial score (nSPS) is 10.9. The van der Waals surface area contributed by atoms with E-state index in [-0.39, 0.29) is 0 Å². The average Bonchev–Trinajstić information content (AvgIpc) is 2.16. The van der Waals surface area contributed by atoms with Gasteiger partial charge < -0.3 is 4.90 Å². The molecular weight excluding hydrogens is 192 g/mol. The molecule has 0 fully saturated rings. The molecule has 3 heteroatoms. The van der Waals surface area contributed by atoms with Crippen molar-refractivity contribution in [1.82, 2.24) is 4.90 Å². The number of nitrogens with two attached hydrogens (primary N) is 1. The molecule has 0 saturated heterocycles. The van der Waals surface area contributed by atoms with Gasteiger partial charge in [-0.2, -0.15) is 0 Å². The van der Waals surface area contributed by atoms with Crippen molar-refractivity contribution >= 4 is 11.9 Å². The van der Waals surface area contributed by atoms with Gasteiger partial charge in [0, 0.05) is 11.4 Å². The van der Waals surface area contributed by atoms with Gasteiger partial charge in [0.2, 0.25) is 0 Å². The Labute approximate surface area is 90.6 Å². The highest BCUT2D eigenvalue weighted by Crippen LogP contribution is 2.20. The van der Waals surface area contributed by atoms with Gasteiger partial charge in [-0.1, -0.05) is 19.1 Å². The second-order valence-corrected chi connectivity index (χ2v) is 4.33. The Morgan fingerprint density at radius 2 is 2.07 bits per heavy atom. The lowest BCUT2D eigenvalue weighted by molar-refractivity contribution is 0.402. The third-order valence-corrected chi connectivity index (χ3v) is 2.78. The maximum Gasteiger partial charge on any atom is 0.0258 e. The summed E-state index contributed by atoms with van der Waals surface area (Å²) in [6.07, 6.45) is 1.04. The van der Waals surface area contributed by atoms with Gasteiger partial charge in [0.15, 0.2) is 0 Å². The van der Waals surface area contributed by atoms with E-state index in [2.05, 4.69) is 44.1 Å². The number of rotatable bonds is 4. The molecule has 0 atom stereocenters. The van der Waals surface area contributed by atoms with Crippen LogP contribution in [0.25, 0.3) is 0 Å². The zero-order valence-electron chi connectivity index (χ0n) is 9.08. The molecule has 0 heterocycles. The molecule has 0 aliphatic carbocycles. The predicted octanol–water partition coefficient (Wildman–Crippen LogP) is 2.28. The zero-order valence-corrected chi connectivity index (χ0v) is 9.90. The van der Waals surface area contributed by atoms with E-state index in [4.69, 9.17) is 5.14 Å². The van der Waals surface area contributed by atoms with Gasteiger partial charge in [-0.25, -0.2) is 0 Å². The summed E-state index contributed by atoms with van der Waals surface area (Å²) in [5, 5.41) is 5.58. The molecule has 14 heavy (non-hydrogen) atoms. The van der Waals surface area contributed by atoms with Gasteiger partial charge in [0.1, 0.15) is 0 Å². The minimum atomic E-state index is 0.989. The molecule has 0 aliphatic heterocycles. The van der Waals surface area contributed by atoms with Crippen LogP contribution >= 0.6 is 11.9 Å². The van der Waals surface area contributed by atoms with Crippen molar-refractivity contribution in [1.29, 1.82) is 0 Å². The Morgan fingerprint density at radius 3 is 2.57 bits per heavy atom. The maximum absolute atomic E-state index is 5.58. The van der Waals surface area contributed by atoms with Crippen LogP contribution in [0.5, 0.6) is 0 Å². The Bertz CT molecular complexity index is 297. The van der Waals surface area contributed by atoms with Crippen molar-refractivity contribution < 1.29 is 0 Å². The molecule has 0 radical (unpaired) electrons. The van der Waals surface area contributed by atoms with Gasteiger partial charge in [0.05, 0.1) is 0 Å². The van der Waals surface area contributed by atoms with E-state index in [1.165, 1.54) is 28.0 Å². The Hall–Kier alpha value is -0.510. The van der Waals surface area contributed by atoms with Crippen LogP contribution in [0.15, 0.2) is 23.1 Å². The van der Waals surface area contributed by atoms with Gasteiger partial charge in [-0.05, 0) is 49.7 Å². The highest BCUT2D eigenvalue weighted by molar-refractivity contribution is 7.97. The first-order valence-corrected chi connectivity index (χ1v) is 5.68. The smallest absolute Gasteiger partial charge is 0.0258 e. The molecule has 1 aromatic rings. The maximum atomic E-state index is 5.58. The number of nitrogens with zero attached hydrogens (tertiary/aromatic N) is 1. The summed E-state index contributed by atoms with van der Waals surface area (Å²) in [5.74, 6) is 0. The van der Waals surface area contributed by atoms with E-state index >= 15 is 0 Å². The van der Waals surface area contributed by atoms with E-state index in [0.29, 0.717) is 0 Å². The van der Waals surface area contributed by atoms with Crippen LogP contribution in [0, 0.1) is 0 Å². The van der Waals surface area contributed by atoms with E-state index < -0.39 is 0 Å². The van der Waals surface area contributed by atoms with E-state index in [1.54, 1.807) is 0 Å². The average molecular weight is 210 g/mol. The van der Waals surface area contributed by atoms with Crippen molar-refractivity contribution in [3.8, 4) is 0 Å². The SMILES string of the molecule is CCc1cc(CN(C)C)ccc1SN. The molecule has 0 aromatic heterocycles. The van der Waals surface area contributed by atoms with Crippen molar-refractivity contribution in [2.45, 2.75) is 24.8 Å². The lowest BCUT2D eigenvalue weighted by Gasteiger charge is -2.12. The third-order valence-electron chi connectivity index (χ3n) is 2.13. The molecule has 2 nitrogen and oxygen atoms in total. The van der Waals surface area contributed by atoms with Gasteiger partial charge in [0.25, 0.3) is 0 Å². The summed E-state index contributed by atoms with van der Waals surface area (Å²) in [5.41, 5.74) is 2.70. The molecule has 1 aromatic carbocycles. The lowest BCUT2D eigenvalue weighted by atomic mass is 10.1. The quantitative estimate of drug-likeness (QED) is 0.773. The lowest BCUT2D eigenvalue weighted by Crippen LogP contribution is -2.10. The summed E-state index contributed by atoms with van der Waals surface area (Å²) in [7, 11) is 4.16. The van der Waals surface area contributed by atoms with E-state index in [9.17, 15) is 0 Å². The van der Waals surface area contributed by atoms with E-state index in [0.717, 1.165) is 13.0 Å². The largest absolute Gasteiger partial charge is 0.305 e. The highest BCUT2D eigenvalue weighted by atomic mass is 32.2. The molecule has 1 rings (SSSR count). The van der Waals surface area contributed by atoms with Crippen LogP contribution in [0.2, 0.25) is 0 Å². The minimum Gasteiger partial charge on any atom is -0.305 e. The Morgan fingerprint density at radius 1 is 1.36 bits per heavy atom. The van der Waals surface area contributed by atoms with Crippen molar-refractivity contribution in [2.24, 2.45) is 5.14 Å². The number of benzene rings is 1. The van der Waals surface area contributed by atoms with Crippen LogP contribution in [-0.4, -0.2) is 19.0 Å². The van der Waals surface area contributed by atoms with Crippen LogP contribution < -0.4 is 5.14 Å². The fraction of sp³-hybridized carbons (Fsp3) is 0.455. The first-order chi connectivity index (χ1) is 6.67. The fourth-order valence-corrected chi connectivity index (χ4v) is 1.99. The van der Waals surface area contributed by atoms with Crippen LogP contribution in [0.3, 0.4) is 0 Å². The molecule has 0 unspecified atom stereocenters. The summed E-state index contributed by atoms with van der Waals surface area (Å²) < 4.78 is 0. The summed E-state index contributed by atoms with van der Waals surface area (Å²) in [6, 6.07) is 6.51. The van der Waals surface area contributed by atoms with Crippen LogP contribution in [0.4, 0.5) is 0 Å². The molecule has 0 saturated carbocycles. The standard InChI is InChI=1S/C11H18N2S/c1-4-10-7-9(8-13(2)3)5-6-11(10)14-12/h5-7H,4,8,12H2,1-3H3. The molecule has 0 amide bonds. The molecule has 2 N–H and O–H groups in total. The molecule has 78 valence electrons. The third kappa shape index (κ3) is 3.01. The molecule has 0 bridgehead atoms. The molecule has 0 aliphatic rings. The first-order valence-electron chi connectivity index (χ1n) is 4.80. The van der Waals surface area contributed by atoms with Gasteiger partial charge in [-0.3, -0.25) is 5.14 Å². The highest BCUT2D eigenvalue weighted by Gasteiger charge is 2.02. The zero-order chi connectivity index (χ0) is 10.6. The summed E-state index contributed by atoms with van der Waals surface area (Å²) in [4.78, 5) is 3.36. The Balaban J connectivity index is 2.89. The summed E-state index contributed by atoms with van der Waals surface area (Å²) in [6.45, 7) is 3.15. The second kappa shape index (κ2) is 5.39. The van der Waals surface area contributed by atoms with Crippen molar-refractivity contribution in [3.05, 3.63) is 29.3 Å². The molecular formula is C11H18N2S. The first kappa shape index (κ1) is 11.6. The van der Waals surface area contributed by atoms with Crippen LogP contribution in [-0.2, 0) is 13.0 Å². The minimum absolute atomic E-state index is 0.989. The number of aryl methyl sites for hydroxylation is 1. The monoisotopic (exact) mass is 210 g/mol. The second-order valence-electron chi connectivity index (χ2n) is 3.65. The predicted molar refractivity (Wildman–Crippen MR) is 63.3 cm³/mol.